The molecule has 2 aliphatic rings. The highest BCUT2D eigenvalue weighted by Gasteiger charge is 2.38. The summed E-state index contributed by atoms with van der Waals surface area (Å²) < 4.78 is 11.0. The van der Waals surface area contributed by atoms with E-state index in [1.54, 1.807) is 0 Å². The number of rotatable bonds is 8. The van der Waals surface area contributed by atoms with Crippen LogP contribution in [0.25, 0.3) is 0 Å². The minimum atomic E-state index is -0.182. The maximum absolute atomic E-state index is 12.7. The fourth-order valence-electron chi connectivity index (χ4n) is 4.32. The van der Waals surface area contributed by atoms with Crippen LogP contribution in [-0.4, -0.2) is 61.4 Å². The molecule has 0 aromatic heterocycles. The topological polar surface area (TPSA) is 42.0 Å². The fourth-order valence-corrected chi connectivity index (χ4v) is 4.32. The minimum absolute atomic E-state index is 0.0369. The number of aryl methyl sites for hydroxylation is 1. The van der Waals surface area contributed by atoms with Gasteiger partial charge in [0.15, 0.2) is 0 Å². The molecule has 5 nitrogen and oxygen atoms in total. The highest BCUT2D eigenvalue weighted by Crippen LogP contribution is 2.32. The van der Waals surface area contributed by atoms with Crippen molar-refractivity contribution >= 4 is 6.09 Å². The first-order valence-electron chi connectivity index (χ1n) is 10.7. The number of morpholine rings is 1. The van der Waals surface area contributed by atoms with Gasteiger partial charge in [-0.3, -0.25) is 9.80 Å². The number of carbonyl (C=O) groups is 1. The molecule has 2 aliphatic heterocycles. The Morgan fingerprint density at radius 3 is 2.38 bits per heavy atom. The second-order valence-electron chi connectivity index (χ2n) is 7.83. The summed E-state index contributed by atoms with van der Waals surface area (Å²) >= 11 is 0. The normalized spacial score (nSPS) is 21.2. The number of hydrogen-bond donors (Lipinski definition) is 0. The van der Waals surface area contributed by atoms with Gasteiger partial charge in [-0.1, -0.05) is 60.7 Å². The van der Waals surface area contributed by atoms with Crippen molar-refractivity contribution in [1.82, 2.24) is 9.80 Å². The molecule has 154 valence electrons. The van der Waals surface area contributed by atoms with Gasteiger partial charge in [-0.15, -0.1) is 0 Å². The molecule has 2 saturated heterocycles. The Balaban J connectivity index is 1.48. The van der Waals surface area contributed by atoms with Crippen LogP contribution in [0.2, 0.25) is 0 Å². The molecular weight excluding hydrogens is 364 g/mol. The van der Waals surface area contributed by atoms with Gasteiger partial charge in [0, 0.05) is 19.6 Å². The molecule has 0 saturated carbocycles. The summed E-state index contributed by atoms with van der Waals surface area (Å²) in [6.07, 6.45) is 2.58. The molecule has 0 spiro atoms. The summed E-state index contributed by atoms with van der Waals surface area (Å²) in [6, 6.07) is 21.0. The van der Waals surface area contributed by atoms with E-state index < -0.39 is 0 Å². The van der Waals surface area contributed by atoms with Crippen LogP contribution < -0.4 is 0 Å². The number of nitrogens with zero attached hydrogens (tertiary/aromatic N) is 2. The van der Waals surface area contributed by atoms with E-state index in [0.717, 1.165) is 52.1 Å². The third kappa shape index (κ3) is 5.17. The first-order valence-corrected chi connectivity index (χ1v) is 10.7. The van der Waals surface area contributed by atoms with Crippen LogP contribution in [0.1, 0.15) is 30.0 Å². The van der Waals surface area contributed by atoms with Crippen molar-refractivity contribution in [2.24, 2.45) is 0 Å². The molecule has 2 aromatic carbocycles. The van der Waals surface area contributed by atoms with Crippen LogP contribution in [0.4, 0.5) is 4.79 Å². The summed E-state index contributed by atoms with van der Waals surface area (Å²) in [6.45, 7) is 4.94. The van der Waals surface area contributed by atoms with Crippen molar-refractivity contribution in [2.75, 3.05) is 39.5 Å². The zero-order chi connectivity index (χ0) is 19.9. The number of cyclic esters (lactones) is 1. The molecule has 2 fully saturated rings. The molecule has 0 radical (unpaired) electrons. The quantitative estimate of drug-likeness (QED) is 0.681. The Kier molecular flexibility index (Phi) is 6.80. The predicted molar refractivity (Wildman–Crippen MR) is 113 cm³/mol. The second-order valence-corrected chi connectivity index (χ2v) is 7.83. The van der Waals surface area contributed by atoms with E-state index in [0.29, 0.717) is 6.61 Å². The first-order chi connectivity index (χ1) is 14.3. The van der Waals surface area contributed by atoms with E-state index in [-0.39, 0.29) is 18.2 Å². The Labute approximate surface area is 173 Å². The number of ether oxygens (including phenoxy) is 2. The van der Waals surface area contributed by atoms with Gasteiger partial charge in [-0.25, -0.2) is 4.79 Å². The minimum Gasteiger partial charge on any atom is -0.447 e. The third-order valence-corrected chi connectivity index (χ3v) is 5.96. The van der Waals surface area contributed by atoms with Crippen LogP contribution in [0, 0.1) is 0 Å². The lowest BCUT2D eigenvalue weighted by Gasteiger charge is -2.34. The van der Waals surface area contributed by atoms with E-state index in [1.165, 1.54) is 11.1 Å². The highest BCUT2D eigenvalue weighted by molar-refractivity contribution is 5.71. The summed E-state index contributed by atoms with van der Waals surface area (Å²) in [5.41, 5.74) is 2.49. The van der Waals surface area contributed by atoms with E-state index in [1.807, 2.05) is 17.0 Å². The maximum Gasteiger partial charge on any atom is 0.410 e. The van der Waals surface area contributed by atoms with Gasteiger partial charge < -0.3 is 9.47 Å². The van der Waals surface area contributed by atoms with E-state index in [2.05, 4.69) is 53.4 Å². The predicted octanol–water partition coefficient (Wildman–Crippen LogP) is 3.90. The lowest BCUT2D eigenvalue weighted by atomic mass is 9.98. The molecule has 2 aromatic rings. The van der Waals surface area contributed by atoms with E-state index in [9.17, 15) is 4.79 Å². The van der Waals surface area contributed by atoms with Crippen LogP contribution in [-0.2, 0) is 15.9 Å². The monoisotopic (exact) mass is 394 g/mol. The molecule has 0 bridgehead atoms. The van der Waals surface area contributed by atoms with Crippen molar-refractivity contribution in [2.45, 2.75) is 31.3 Å². The van der Waals surface area contributed by atoms with Gasteiger partial charge in [-0.2, -0.15) is 0 Å². The average Bonchev–Trinajstić information content (AvgIpc) is 3.15. The molecule has 29 heavy (non-hydrogen) atoms. The molecule has 1 amide bonds. The lowest BCUT2D eigenvalue weighted by molar-refractivity contribution is 0.0333. The Morgan fingerprint density at radius 1 is 0.966 bits per heavy atom. The van der Waals surface area contributed by atoms with Crippen molar-refractivity contribution < 1.29 is 14.3 Å². The fraction of sp³-hybridized carbons (Fsp3) is 0.458. The Hall–Kier alpha value is -2.37. The van der Waals surface area contributed by atoms with Gasteiger partial charge >= 0.3 is 6.09 Å². The van der Waals surface area contributed by atoms with Crippen molar-refractivity contribution in [1.29, 1.82) is 0 Å². The van der Waals surface area contributed by atoms with Gasteiger partial charge in [0.2, 0.25) is 0 Å². The molecule has 2 heterocycles. The van der Waals surface area contributed by atoms with Crippen LogP contribution in [0.3, 0.4) is 0 Å². The SMILES string of the molecule is O=C1OCC(CCc2ccccc2)N1C(CCN1CCOCC1)c1ccccc1. The maximum atomic E-state index is 12.7. The second kappa shape index (κ2) is 9.90. The number of carbonyl (C=O) groups excluding carboxylic acids is 1. The van der Waals surface area contributed by atoms with E-state index >= 15 is 0 Å². The largest absolute Gasteiger partial charge is 0.447 e. The van der Waals surface area contributed by atoms with Gasteiger partial charge in [0.05, 0.1) is 25.3 Å². The van der Waals surface area contributed by atoms with E-state index in [4.69, 9.17) is 9.47 Å². The van der Waals surface area contributed by atoms with Crippen LogP contribution in [0.15, 0.2) is 60.7 Å². The Bertz CT molecular complexity index is 762. The number of hydrogen-bond acceptors (Lipinski definition) is 4. The molecular formula is C24H30N2O3. The van der Waals surface area contributed by atoms with Crippen molar-refractivity contribution in [3.63, 3.8) is 0 Å². The van der Waals surface area contributed by atoms with Gasteiger partial charge in [0.1, 0.15) is 6.61 Å². The third-order valence-electron chi connectivity index (χ3n) is 5.96. The van der Waals surface area contributed by atoms with Gasteiger partial charge in [-0.05, 0) is 30.4 Å². The zero-order valence-electron chi connectivity index (χ0n) is 16.9. The zero-order valence-corrected chi connectivity index (χ0v) is 16.9. The van der Waals surface area contributed by atoms with Crippen LogP contribution >= 0.6 is 0 Å². The summed E-state index contributed by atoms with van der Waals surface area (Å²) in [5.74, 6) is 0. The summed E-state index contributed by atoms with van der Waals surface area (Å²) in [4.78, 5) is 17.2. The van der Waals surface area contributed by atoms with Gasteiger partial charge in [0.25, 0.3) is 0 Å². The smallest absolute Gasteiger partial charge is 0.410 e. The van der Waals surface area contributed by atoms with Crippen LogP contribution in [0.5, 0.6) is 0 Å². The summed E-state index contributed by atoms with van der Waals surface area (Å²) in [7, 11) is 0. The molecule has 4 rings (SSSR count). The number of amides is 1. The summed E-state index contributed by atoms with van der Waals surface area (Å²) in [5, 5.41) is 0. The number of benzene rings is 2. The lowest BCUT2D eigenvalue weighted by Crippen LogP contribution is -2.41. The Morgan fingerprint density at radius 2 is 1.66 bits per heavy atom. The standard InChI is InChI=1S/C24H30N2O3/c27-24-26(22(19-29-24)12-11-20-7-3-1-4-8-20)23(21-9-5-2-6-10-21)13-14-25-15-17-28-18-16-25/h1-10,22-23H,11-19H2. The molecule has 2 unspecified atom stereocenters. The molecule has 0 N–H and O–H groups in total. The first kappa shape index (κ1) is 19.9. The van der Waals surface area contributed by atoms with Crippen molar-refractivity contribution in [3.05, 3.63) is 71.8 Å². The van der Waals surface area contributed by atoms with Crippen molar-refractivity contribution in [3.8, 4) is 0 Å². The molecule has 0 aliphatic carbocycles. The average molecular weight is 395 g/mol. The highest BCUT2D eigenvalue weighted by atomic mass is 16.6. The molecule has 2 atom stereocenters. The molecule has 5 heteroatoms.